The number of rotatable bonds is 1. The smallest absolute Gasteiger partial charge is 0.365 e. The zero-order chi connectivity index (χ0) is 13.8. The SMILES string of the molecule is CC1(c2cc(C(F)(F)F)cc(C(F)(F)F)c2)CO1. The highest BCUT2D eigenvalue weighted by atomic mass is 19.4. The van der Waals surface area contributed by atoms with Crippen LogP contribution < -0.4 is 0 Å². The van der Waals surface area contributed by atoms with Crippen molar-refractivity contribution in [2.75, 3.05) is 6.61 Å². The number of hydrogen-bond donors (Lipinski definition) is 0. The van der Waals surface area contributed by atoms with Crippen molar-refractivity contribution in [3.8, 4) is 0 Å². The Morgan fingerprint density at radius 1 is 0.944 bits per heavy atom. The quantitative estimate of drug-likeness (QED) is 0.555. The van der Waals surface area contributed by atoms with Gasteiger partial charge in [-0.05, 0) is 30.7 Å². The molecule has 0 aromatic heterocycles. The summed E-state index contributed by atoms with van der Waals surface area (Å²) in [5, 5.41) is 0. The maximum absolute atomic E-state index is 12.5. The second-order valence-electron chi connectivity index (χ2n) is 4.31. The average Bonchev–Trinajstić information content (AvgIpc) is 2.95. The van der Waals surface area contributed by atoms with E-state index in [9.17, 15) is 26.3 Å². The van der Waals surface area contributed by atoms with Crippen LogP contribution in [0.5, 0.6) is 0 Å². The first-order valence-corrected chi connectivity index (χ1v) is 4.96. The predicted octanol–water partition coefficient (Wildman–Crippen LogP) is 3.97. The van der Waals surface area contributed by atoms with Gasteiger partial charge in [-0.3, -0.25) is 0 Å². The molecule has 0 N–H and O–H groups in total. The molecule has 1 unspecified atom stereocenters. The second kappa shape index (κ2) is 3.63. The van der Waals surface area contributed by atoms with Gasteiger partial charge in [-0.15, -0.1) is 0 Å². The van der Waals surface area contributed by atoms with Crippen LogP contribution in [0.15, 0.2) is 18.2 Å². The Labute approximate surface area is 98.4 Å². The molecule has 1 heterocycles. The van der Waals surface area contributed by atoms with Gasteiger partial charge in [-0.2, -0.15) is 26.3 Å². The van der Waals surface area contributed by atoms with Crippen LogP contribution in [0.3, 0.4) is 0 Å². The van der Waals surface area contributed by atoms with E-state index in [1.54, 1.807) is 0 Å². The zero-order valence-corrected chi connectivity index (χ0v) is 9.12. The van der Waals surface area contributed by atoms with E-state index in [2.05, 4.69) is 0 Å². The summed E-state index contributed by atoms with van der Waals surface area (Å²) in [6, 6.07) is 1.50. The molecule has 0 bridgehead atoms. The summed E-state index contributed by atoms with van der Waals surface area (Å²) in [7, 11) is 0. The van der Waals surface area contributed by atoms with Gasteiger partial charge in [0.15, 0.2) is 0 Å². The van der Waals surface area contributed by atoms with Gasteiger partial charge in [0.25, 0.3) is 0 Å². The monoisotopic (exact) mass is 270 g/mol. The van der Waals surface area contributed by atoms with Crippen molar-refractivity contribution in [3.63, 3.8) is 0 Å². The molecule has 100 valence electrons. The molecule has 0 radical (unpaired) electrons. The molecule has 2 rings (SSSR count). The molecule has 1 saturated heterocycles. The molecular weight excluding hydrogens is 262 g/mol. The Morgan fingerprint density at radius 2 is 1.33 bits per heavy atom. The third-order valence-corrected chi connectivity index (χ3v) is 2.78. The third-order valence-electron chi connectivity index (χ3n) is 2.78. The van der Waals surface area contributed by atoms with Crippen LogP contribution in [0, 0.1) is 0 Å². The van der Waals surface area contributed by atoms with E-state index in [1.807, 2.05) is 0 Å². The van der Waals surface area contributed by atoms with Gasteiger partial charge >= 0.3 is 12.4 Å². The molecule has 0 spiro atoms. The zero-order valence-electron chi connectivity index (χ0n) is 9.12. The largest absolute Gasteiger partial charge is 0.416 e. The fourth-order valence-electron chi connectivity index (χ4n) is 1.54. The molecule has 0 amide bonds. The normalized spacial score (nSPS) is 24.2. The summed E-state index contributed by atoms with van der Waals surface area (Å²) < 4.78 is 80.1. The topological polar surface area (TPSA) is 12.5 Å². The van der Waals surface area contributed by atoms with E-state index in [-0.39, 0.29) is 18.2 Å². The van der Waals surface area contributed by atoms with Crippen molar-refractivity contribution in [2.45, 2.75) is 24.9 Å². The molecule has 1 aromatic rings. The summed E-state index contributed by atoms with van der Waals surface area (Å²) in [5.74, 6) is 0. The average molecular weight is 270 g/mol. The van der Waals surface area contributed by atoms with Gasteiger partial charge in [0, 0.05) is 0 Å². The Bertz CT molecular complexity index is 403. The number of ether oxygens (including phenoxy) is 1. The summed E-state index contributed by atoms with van der Waals surface area (Å²) in [4.78, 5) is 0. The van der Waals surface area contributed by atoms with Crippen LogP contribution in [0.4, 0.5) is 26.3 Å². The first-order valence-electron chi connectivity index (χ1n) is 4.96. The van der Waals surface area contributed by atoms with Crippen LogP contribution in [-0.2, 0) is 22.7 Å². The lowest BCUT2D eigenvalue weighted by Gasteiger charge is -2.15. The molecule has 18 heavy (non-hydrogen) atoms. The fraction of sp³-hybridized carbons (Fsp3) is 0.455. The van der Waals surface area contributed by atoms with Crippen molar-refractivity contribution in [1.82, 2.24) is 0 Å². The number of epoxide rings is 1. The Kier molecular flexibility index (Phi) is 2.66. The highest BCUT2D eigenvalue weighted by Gasteiger charge is 2.45. The predicted molar refractivity (Wildman–Crippen MR) is 49.8 cm³/mol. The molecule has 1 fully saturated rings. The lowest BCUT2D eigenvalue weighted by atomic mass is 9.96. The molecule has 1 aromatic carbocycles. The van der Waals surface area contributed by atoms with Gasteiger partial charge in [0.1, 0.15) is 5.60 Å². The van der Waals surface area contributed by atoms with E-state index in [0.29, 0.717) is 12.1 Å². The molecule has 1 aliphatic rings. The van der Waals surface area contributed by atoms with E-state index in [1.165, 1.54) is 6.92 Å². The van der Waals surface area contributed by atoms with Gasteiger partial charge in [0.05, 0.1) is 17.7 Å². The first-order chi connectivity index (χ1) is 8.02. The molecule has 1 nitrogen and oxygen atoms in total. The van der Waals surface area contributed by atoms with Gasteiger partial charge in [0.2, 0.25) is 0 Å². The van der Waals surface area contributed by atoms with Crippen molar-refractivity contribution in [1.29, 1.82) is 0 Å². The minimum absolute atomic E-state index is 0.106. The van der Waals surface area contributed by atoms with Crippen molar-refractivity contribution in [2.24, 2.45) is 0 Å². The number of benzene rings is 1. The standard InChI is InChI=1S/C11H8F6O/c1-9(5-18-9)6-2-7(10(12,13)14)4-8(3-6)11(15,16)17/h2-4H,5H2,1H3. The van der Waals surface area contributed by atoms with Crippen LogP contribution in [0.25, 0.3) is 0 Å². The lowest BCUT2D eigenvalue weighted by Crippen LogP contribution is -2.14. The fourth-order valence-corrected chi connectivity index (χ4v) is 1.54. The number of halogens is 6. The summed E-state index contributed by atoms with van der Waals surface area (Å²) in [6.07, 6.45) is -9.64. The highest BCUT2D eigenvalue weighted by molar-refractivity contribution is 5.38. The molecular formula is C11H8F6O. The van der Waals surface area contributed by atoms with Gasteiger partial charge in [-0.1, -0.05) is 0 Å². The van der Waals surface area contributed by atoms with Gasteiger partial charge < -0.3 is 4.74 Å². The van der Waals surface area contributed by atoms with E-state index >= 15 is 0 Å². The maximum Gasteiger partial charge on any atom is 0.416 e. The number of hydrogen-bond acceptors (Lipinski definition) is 1. The summed E-state index contributed by atoms with van der Waals surface area (Å²) in [5.41, 5.74) is -3.78. The highest BCUT2D eigenvalue weighted by Crippen LogP contribution is 2.43. The van der Waals surface area contributed by atoms with Crippen molar-refractivity contribution in [3.05, 3.63) is 34.9 Å². The van der Waals surface area contributed by atoms with Crippen LogP contribution in [0.2, 0.25) is 0 Å². The van der Waals surface area contributed by atoms with Crippen molar-refractivity contribution >= 4 is 0 Å². The maximum atomic E-state index is 12.5. The second-order valence-corrected chi connectivity index (χ2v) is 4.31. The van der Waals surface area contributed by atoms with E-state index < -0.39 is 29.1 Å². The Hall–Kier alpha value is -1.24. The van der Waals surface area contributed by atoms with Crippen molar-refractivity contribution < 1.29 is 31.1 Å². The summed E-state index contributed by atoms with van der Waals surface area (Å²) in [6.45, 7) is 1.56. The van der Waals surface area contributed by atoms with E-state index in [4.69, 9.17) is 4.74 Å². The Morgan fingerprint density at radius 3 is 1.61 bits per heavy atom. The summed E-state index contributed by atoms with van der Waals surface area (Å²) >= 11 is 0. The third kappa shape index (κ3) is 2.45. The molecule has 1 atom stereocenters. The van der Waals surface area contributed by atoms with Crippen LogP contribution >= 0.6 is 0 Å². The molecule has 0 saturated carbocycles. The van der Waals surface area contributed by atoms with Gasteiger partial charge in [-0.25, -0.2) is 0 Å². The Balaban J connectivity index is 2.56. The van der Waals surface area contributed by atoms with E-state index in [0.717, 1.165) is 0 Å². The minimum Gasteiger partial charge on any atom is -0.365 e. The first kappa shape index (κ1) is 13.2. The lowest BCUT2D eigenvalue weighted by molar-refractivity contribution is -0.143. The molecule has 1 aliphatic heterocycles. The molecule has 0 aliphatic carbocycles. The molecule has 7 heteroatoms. The number of alkyl halides is 6. The van der Waals surface area contributed by atoms with Crippen LogP contribution in [0.1, 0.15) is 23.6 Å². The minimum atomic E-state index is -4.82. The van der Waals surface area contributed by atoms with Crippen LogP contribution in [-0.4, -0.2) is 6.61 Å².